The Morgan fingerprint density at radius 2 is 2.07 bits per heavy atom. The topological polar surface area (TPSA) is 46.2 Å². The molecule has 71 valence electrons. The normalized spacial score (nSPS) is 8.64. The van der Waals surface area contributed by atoms with Gasteiger partial charge in [-0.25, -0.2) is 0 Å². The molecule has 0 spiro atoms. The fraction of sp³-hybridized carbons (Fsp3) is 0.200. The van der Waals surface area contributed by atoms with E-state index in [0.29, 0.717) is 17.7 Å². The van der Waals surface area contributed by atoms with Crippen LogP contribution in [-0.4, -0.2) is 12.2 Å². The molecule has 1 N–H and O–H groups in total. The molecule has 0 aromatic heterocycles. The molecule has 0 aliphatic heterocycles. The summed E-state index contributed by atoms with van der Waals surface area (Å²) in [6.07, 6.45) is 2.16. The molecule has 0 bridgehead atoms. The van der Waals surface area contributed by atoms with Crippen LogP contribution in [0.4, 0.5) is 5.69 Å². The van der Waals surface area contributed by atoms with Crippen LogP contribution in [0, 0.1) is 0 Å². The number of carbonyl (C=O) groups excluding carboxylic acids is 2. The molecule has 0 saturated heterocycles. The van der Waals surface area contributed by atoms with Gasteiger partial charge in [0.15, 0.2) is 0 Å². The molecular weight excluding hydrogens is 255 g/mol. The van der Waals surface area contributed by atoms with E-state index in [-0.39, 0.29) is 38.6 Å². The summed E-state index contributed by atoms with van der Waals surface area (Å²) in [6.45, 7) is 1.75. The van der Waals surface area contributed by atoms with Crippen molar-refractivity contribution in [2.75, 3.05) is 5.32 Å². The SMILES string of the molecule is CCC(=O)Nc1ccccc1[C-]=O.[Y]. The summed E-state index contributed by atoms with van der Waals surface area (Å²) in [4.78, 5) is 21.4. The van der Waals surface area contributed by atoms with E-state index < -0.39 is 0 Å². The second kappa shape index (κ2) is 6.85. The van der Waals surface area contributed by atoms with Crippen LogP contribution in [0.3, 0.4) is 0 Å². The van der Waals surface area contributed by atoms with E-state index in [1.807, 2.05) is 0 Å². The van der Waals surface area contributed by atoms with Gasteiger partial charge in [0.2, 0.25) is 5.91 Å². The maximum absolute atomic E-state index is 11.0. The molecule has 14 heavy (non-hydrogen) atoms. The molecule has 1 amide bonds. The van der Waals surface area contributed by atoms with Crippen molar-refractivity contribution in [3.63, 3.8) is 0 Å². The summed E-state index contributed by atoms with van der Waals surface area (Å²) in [7, 11) is 0. The van der Waals surface area contributed by atoms with Crippen molar-refractivity contribution >= 4 is 17.9 Å². The third kappa shape index (κ3) is 3.68. The molecule has 0 aliphatic rings. The zero-order chi connectivity index (χ0) is 9.68. The number of para-hydroxylation sites is 1. The Labute approximate surface area is 108 Å². The number of anilines is 1. The minimum Gasteiger partial charge on any atom is -0.379 e. The van der Waals surface area contributed by atoms with Crippen molar-refractivity contribution in [2.45, 2.75) is 13.3 Å². The van der Waals surface area contributed by atoms with E-state index in [1.165, 1.54) is 0 Å². The quantitative estimate of drug-likeness (QED) is 0.841. The summed E-state index contributed by atoms with van der Waals surface area (Å²) in [5, 5.41) is 2.61. The summed E-state index contributed by atoms with van der Waals surface area (Å²) in [5.41, 5.74) is 0.897. The van der Waals surface area contributed by atoms with E-state index in [1.54, 1.807) is 37.5 Å². The van der Waals surface area contributed by atoms with Crippen molar-refractivity contribution in [3.05, 3.63) is 29.8 Å². The van der Waals surface area contributed by atoms with E-state index in [0.717, 1.165) is 0 Å². The number of rotatable bonds is 3. The van der Waals surface area contributed by atoms with Crippen LogP contribution in [0.5, 0.6) is 0 Å². The molecule has 0 fully saturated rings. The molecule has 0 heterocycles. The van der Waals surface area contributed by atoms with Crippen molar-refractivity contribution in [2.24, 2.45) is 0 Å². The molecule has 1 rings (SSSR count). The molecule has 1 aromatic carbocycles. The van der Waals surface area contributed by atoms with E-state index in [2.05, 4.69) is 5.32 Å². The van der Waals surface area contributed by atoms with E-state index in [9.17, 15) is 9.59 Å². The van der Waals surface area contributed by atoms with Gasteiger partial charge in [0, 0.05) is 39.1 Å². The van der Waals surface area contributed by atoms with Crippen LogP contribution in [0.2, 0.25) is 0 Å². The van der Waals surface area contributed by atoms with Gasteiger partial charge < -0.3 is 10.1 Å². The molecule has 0 unspecified atom stereocenters. The molecule has 0 saturated carbocycles. The maximum atomic E-state index is 11.0. The number of carbonyl (C=O) groups is 1. The minimum absolute atomic E-state index is 0. The van der Waals surface area contributed by atoms with Crippen LogP contribution in [-0.2, 0) is 42.3 Å². The standard InChI is InChI=1S/C10H10NO2.Y/c1-2-10(13)11-9-6-4-3-5-8(9)7-12;/h3-6H,2H2,1H3,(H,11,13);/q-1;. The predicted molar refractivity (Wildman–Crippen MR) is 50.2 cm³/mol. The van der Waals surface area contributed by atoms with Crippen LogP contribution in [0.1, 0.15) is 18.9 Å². The van der Waals surface area contributed by atoms with Gasteiger partial charge in [-0.1, -0.05) is 24.7 Å². The third-order valence-electron chi connectivity index (χ3n) is 1.63. The van der Waals surface area contributed by atoms with Crippen LogP contribution in [0.25, 0.3) is 0 Å². The van der Waals surface area contributed by atoms with Crippen molar-refractivity contribution < 1.29 is 42.3 Å². The minimum atomic E-state index is -0.109. The van der Waals surface area contributed by atoms with Gasteiger partial charge in [0.1, 0.15) is 0 Å². The van der Waals surface area contributed by atoms with Gasteiger partial charge in [-0.3, -0.25) is 4.79 Å². The van der Waals surface area contributed by atoms with Crippen LogP contribution in [0.15, 0.2) is 24.3 Å². The van der Waals surface area contributed by atoms with Gasteiger partial charge in [0.25, 0.3) is 0 Å². The summed E-state index contributed by atoms with van der Waals surface area (Å²) in [6, 6.07) is 6.76. The van der Waals surface area contributed by atoms with Crippen molar-refractivity contribution in [3.8, 4) is 0 Å². The van der Waals surface area contributed by atoms with Crippen molar-refractivity contribution in [1.29, 1.82) is 0 Å². The van der Waals surface area contributed by atoms with Crippen molar-refractivity contribution in [1.82, 2.24) is 0 Å². The number of benzene rings is 1. The fourth-order valence-corrected chi connectivity index (χ4v) is 0.920. The van der Waals surface area contributed by atoms with Gasteiger partial charge in [-0.2, -0.15) is 6.07 Å². The first-order chi connectivity index (χ1) is 6.27. The summed E-state index contributed by atoms with van der Waals surface area (Å²) < 4.78 is 0. The predicted octanol–water partition coefficient (Wildman–Crippen LogP) is 1.49. The second-order valence-electron chi connectivity index (χ2n) is 2.55. The molecule has 1 aromatic rings. The Morgan fingerprint density at radius 1 is 1.43 bits per heavy atom. The first-order valence-corrected chi connectivity index (χ1v) is 4.05. The van der Waals surface area contributed by atoms with Gasteiger partial charge in [-0.15, -0.1) is 11.6 Å². The molecule has 0 atom stereocenters. The fourth-order valence-electron chi connectivity index (χ4n) is 0.920. The van der Waals surface area contributed by atoms with Crippen LogP contribution >= 0.6 is 0 Å². The average molecular weight is 265 g/mol. The Morgan fingerprint density at radius 3 is 2.64 bits per heavy atom. The van der Waals surface area contributed by atoms with Gasteiger partial charge in [0.05, 0.1) is 6.29 Å². The summed E-state index contributed by atoms with van der Waals surface area (Å²) >= 11 is 0. The van der Waals surface area contributed by atoms with Crippen LogP contribution < -0.4 is 5.32 Å². The number of amides is 1. The Kier molecular flexibility index (Phi) is 6.59. The smallest absolute Gasteiger partial charge is 0.213 e. The zero-order valence-corrected chi connectivity index (χ0v) is 10.7. The van der Waals surface area contributed by atoms with Gasteiger partial charge in [-0.05, 0) is 0 Å². The third-order valence-corrected chi connectivity index (χ3v) is 1.63. The second-order valence-corrected chi connectivity index (χ2v) is 2.55. The molecule has 1 radical (unpaired) electrons. The number of nitrogens with one attached hydrogen (secondary N) is 1. The molecule has 0 aliphatic carbocycles. The Hall–Kier alpha value is -0.536. The molecular formula is C10H10NO2Y-. The monoisotopic (exact) mass is 265 g/mol. The van der Waals surface area contributed by atoms with Gasteiger partial charge >= 0.3 is 0 Å². The average Bonchev–Trinajstić information content (AvgIpc) is 2.18. The van der Waals surface area contributed by atoms with E-state index in [4.69, 9.17) is 0 Å². The Balaban J connectivity index is 0.00000169. The molecule has 4 heteroatoms. The first kappa shape index (κ1) is 13.5. The van der Waals surface area contributed by atoms with E-state index >= 15 is 0 Å². The number of hydrogen-bond acceptors (Lipinski definition) is 2. The maximum Gasteiger partial charge on any atom is 0.213 e. The largest absolute Gasteiger partial charge is 0.379 e. The molecule has 3 nitrogen and oxygen atoms in total. The summed E-state index contributed by atoms with van der Waals surface area (Å²) in [5.74, 6) is -0.109. The Bertz CT molecular complexity index is 326. The number of hydrogen-bond donors (Lipinski definition) is 1. The first-order valence-electron chi connectivity index (χ1n) is 4.05. The zero-order valence-electron chi connectivity index (χ0n) is 7.91.